The molecule has 19 heteroatoms. The van der Waals surface area contributed by atoms with Crippen molar-refractivity contribution in [3.63, 3.8) is 0 Å². The second-order valence-electron chi connectivity index (χ2n) is 28.0. The molecule has 0 heterocycles. The van der Waals surface area contributed by atoms with Crippen LogP contribution in [0.15, 0.2) is 109 Å². The van der Waals surface area contributed by atoms with Crippen LogP contribution in [0, 0.1) is 0 Å². The molecule has 0 saturated carbocycles. The molecule has 106 heavy (non-hydrogen) atoms. The second kappa shape index (κ2) is 78.8. The summed E-state index contributed by atoms with van der Waals surface area (Å²) in [5.41, 5.74) is 0. The lowest BCUT2D eigenvalue weighted by atomic mass is 10.1. The van der Waals surface area contributed by atoms with Crippen molar-refractivity contribution in [3.8, 4) is 0 Å². The molecule has 3 N–H and O–H groups in total. The Balaban J connectivity index is 5.39. The Morgan fingerprint density at radius 1 is 0.274 bits per heavy atom. The summed E-state index contributed by atoms with van der Waals surface area (Å²) in [6.45, 7) is 4.72. The van der Waals surface area contributed by atoms with Crippen LogP contribution in [0.4, 0.5) is 0 Å². The van der Waals surface area contributed by atoms with E-state index in [1.807, 2.05) is 0 Å². The highest BCUT2D eigenvalue weighted by Gasteiger charge is 2.30. The number of allylic oxidation sites excluding steroid dienone is 18. The summed E-state index contributed by atoms with van der Waals surface area (Å²) in [6.07, 6.45) is 86.2. The van der Waals surface area contributed by atoms with E-state index in [2.05, 4.69) is 137 Å². The molecule has 0 aromatic carbocycles. The number of carbonyl (C=O) groups excluding carboxylic acids is 4. The molecule has 0 bridgehead atoms. The van der Waals surface area contributed by atoms with Gasteiger partial charge in [-0.1, -0.05) is 291 Å². The summed E-state index contributed by atoms with van der Waals surface area (Å²) in [7, 11) is -9.97. The number of hydrogen-bond donors (Lipinski definition) is 3. The predicted molar refractivity (Wildman–Crippen MR) is 436 cm³/mol. The summed E-state index contributed by atoms with van der Waals surface area (Å²) in [5, 5.41) is 10.7. The summed E-state index contributed by atoms with van der Waals surface area (Å²) < 4.78 is 68.7. The molecule has 0 amide bonds. The molecule has 0 rings (SSSR count). The maximum Gasteiger partial charge on any atom is 0.472 e. The number of esters is 4. The third-order valence-corrected chi connectivity index (χ3v) is 19.6. The monoisotopic (exact) mass is 1530 g/mol. The zero-order chi connectivity index (χ0) is 77.4. The quantitative estimate of drug-likeness (QED) is 0.0169. The Labute approximate surface area is 645 Å². The highest BCUT2D eigenvalue weighted by Crippen LogP contribution is 2.45. The minimum absolute atomic E-state index is 0.0788. The number of rotatable bonds is 79. The first kappa shape index (κ1) is 102. The highest BCUT2D eigenvalue weighted by molar-refractivity contribution is 7.47. The molecule has 0 saturated heterocycles. The number of hydrogen-bond acceptors (Lipinski definition) is 15. The van der Waals surface area contributed by atoms with Gasteiger partial charge in [-0.2, -0.15) is 0 Å². The molecule has 612 valence electrons. The van der Waals surface area contributed by atoms with Gasteiger partial charge in [0.05, 0.1) is 26.4 Å². The molecule has 0 radical (unpaired) electrons. The molecule has 0 fully saturated rings. The number of aliphatic hydroxyl groups is 1. The maximum absolute atomic E-state index is 13.1. The van der Waals surface area contributed by atoms with E-state index in [9.17, 15) is 43.2 Å². The fraction of sp³-hybridized carbons (Fsp3) is 0.747. The van der Waals surface area contributed by atoms with Crippen molar-refractivity contribution in [2.24, 2.45) is 0 Å². The Bertz CT molecular complexity index is 2430. The maximum atomic E-state index is 13.1. The number of carbonyl (C=O) groups is 4. The zero-order valence-corrected chi connectivity index (χ0v) is 68.9. The van der Waals surface area contributed by atoms with Gasteiger partial charge in [0.15, 0.2) is 12.2 Å². The lowest BCUT2D eigenvalue weighted by Crippen LogP contribution is -2.30. The average Bonchev–Trinajstić information content (AvgIpc) is 0.928. The first-order valence-electron chi connectivity index (χ1n) is 42.1. The Kier molecular flexibility index (Phi) is 75.6. The van der Waals surface area contributed by atoms with E-state index >= 15 is 0 Å². The molecular weight excluding hydrogens is 1380 g/mol. The van der Waals surface area contributed by atoms with E-state index in [1.165, 1.54) is 96.3 Å². The van der Waals surface area contributed by atoms with Crippen LogP contribution in [0.1, 0.15) is 362 Å². The zero-order valence-electron chi connectivity index (χ0n) is 67.1. The van der Waals surface area contributed by atoms with Gasteiger partial charge in [0.25, 0.3) is 0 Å². The summed E-state index contributed by atoms with van der Waals surface area (Å²) in [4.78, 5) is 73.2. The highest BCUT2D eigenvalue weighted by atomic mass is 31.2. The minimum Gasteiger partial charge on any atom is -0.462 e. The molecule has 0 aromatic heterocycles. The van der Waals surface area contributed by atoms with Crippen LogP contribution in [-0.2, 0) is 65.4 Å². The summed E-state index contributed by atoms with van der Waals surface area (Å²) in [6, 6.07) is 0. The smallest absolute Gasteiger partial charge is 0.462 e. The standard InChI is InChI=1S/C87H152O17P2/c1-5-9-13-17-21-25-29-33-37-39-40-42-46-48-52-56-60-64-68-72-85(90)98-78-83(104-87(92)74-70-66-62-58-54-50-44-36-32-28-24-20-16-12-8-4)80-102-106(95,96)100-76-81(88)75-99-105(93,94)101-79-82(103-86(91)73-69-65-61-57-53-49-43-35-31-27-23-19-15-11-7-3)77-97-84(89)71-67-63-59-55-51-47-45-41-38-34-30-26-22-18-14-10-6-2/h10,14,21-22,25-26,33-38,40,42-45,47,81-83,88H,5-9,11-13,15-20,23-24,27-32,39,41,46,48-80H2,1-4H3,(H,93,94)(H,95,96)/b14-10-,25-21-,26-22-,37-33-,38-34-,42-40-,43-35-,44-36-,47-45-. The Hall–Kier alpha value is -4.28. The second-order valence-corrected chi connectivity index (χ2v) is 30.9. The topological polar surface area (TPSA) is 237 Å². The summed E-state index contributed by atoms with van der Waals surface area (Å²) >= 11 is 0. The number of ether oxygens (including phenoxy) is 4. The van der Waals surface area contributed by atoms with Crippen molar-refractivity contribution in [3.05, 3.63) is 109 Å². The third kappa shape index (κ3) is 77.9. The third-order valence-electron chi connectivity index (χ3n) is 17.7. The van der Waals surface area contributed by atoms with Gasteiger partial charge in [0, 0.05) is 25.7 Å². The van der Waals surface area contributed by atoms with Crippen molar-refractivity contribution in [1.29, 1.82) is 0 Å². The van der Waals surface area contributed by atoms with Gasteiger partial charge in [0.1, 0.15) is 19.3 Å². The lowest BCUT2D eigenvalue weighted by molar-refractivity contribution is -0.161. The van der Waals surface area contributed by atoms with Gasteiger partial charge in [0.2, 0.25) is 0 Å². The Morgan fingerprint density at radius 3 is 0.783 bits per heavy atom. The average molecular weight is 1530 g/mol. The van der Waals surface area contributed by atoms with Crippen LogP contribution in [0.25, 0.3) is 0 Å². The van der Waals surface area contributed by atoms with E-state index in [0.717, 1.165) is 186 Å². The van der Waals surface area contributed by atoms with Crippen LogP contribution in [0.2, 0.25) is 0 Å². The van der Waals surface area contributed by atoms with Crippen LogP contribution in [-0.4, -0.2) is 96.7 Å². The van der Waals surface area contributed by atoms with Crippen molar-refractivity contribution < 1.29 is 80.2 Å². The summed E-state index contributed by atoms with van der Waals surface area (Å²) in [5.74, 6) is -2.22. The predicted octanol–water partition coefficient (Wildman–Crippen LogP) is 24.9. The SMILES string of the molecule is CC/C=C\C/C=C\C/C=C\C/C=C\CCCCCCC(=O)OCC(COP(=O)(O)OCC(O)COP(=O)(O)OCC(COC(=O)CCCCCCCC/C=C\C/C=C\C/C=C\CCCCC)OC(=O)CCCCCCC/C=C\CCCCCCCC)OC(=O)CCCCCCC/C=C\CCCCCCCC. The lowest BCUT2D eigenvalue weighted by Gasteiger charge is -2.21. The van der Waals surface area contributed by atoms with E-state index in [-0.39, 0.29) is 25.7 Å². The largest absolute Gasteiger partial charge is 0.472 e. The molecule has 5 unspecified atom stereocenters. The van der Waals surface area contributed by atoms with Crippen molar-refractivity contribution >= 4 is 39.5 Å². The van der Waals surface area contributed by atoms with Gasteiger partial charge in [-0.3, -0.25) is 37.3 Å². The molecule has 0 aromatic rings. The van der Waals surface area contributed by atoms with Crippen LogP contribution < -0.4 is 0 Å². The Morgan fingerprint density at radius 2 is 0.491 bits per heavy atom. The van der Waals surface area contributed by atoms with Crippen LogP contribution >= 0.6 is 15.6 Å². The fourth-order valence-electron chi connectivity index (χ4n) is 11.3. The molecule has 5 atom stereocenters. The molecule has 17 nitrogen and oxygen atoms in total. The van der Waals surface area contributed by atoms with E-state index < -0.39 is 97.5 Å². The number of phosphoric ester groups is 2. The van der Waals surface area contributed by atoms with E-state index in [1.54, 1.807) is 0 Å². The van der Waals surface area contributed by atoms with E-state index in [0.29, 0.717) is 25.7 Å². The van der Waals surface area contributed by atoms with Gasteiger partial charge < -0.3 is 33.8 Å². The first-order chi connectivity index (χ1) is 51.7. The van der Waals surface area contributed by atoms with Crippen molar-refractivity contribution in [2.75, 3.05) is 39.6 Å². The number of phosphoric acid groups is 2. The fourth-order valence-corrected chi connectivity index (χ4v) is 12.8. The van der Waals surface area contributed by atoms with Crippen molar-refractivity contribution in [2.45, 2.75) is 380 Å². The molecule has 0 spiro atoms. The minimum atomic E-state index is -4.99. The van der Waals surface area contributed by atoms with Gasteiger partial charge >= 0.3 is 39.5 Å². The van der Waals surface area contributed by atoms with Crippen LogP contribution in [0.5, 0.6) is 0 Å². The molecular formula is C87H152O17P2. The van der Waals surface area contributed by atoms with Crippen molar-refractivity contribution in [1.82, 2.24) is 0 Å². The van der Waals surface area contributed by atoms with Gasteiger partial charge in [-0.05, 0) is 154 Å². The van der Waals surface area contributed by atoms with Gasteiger partial charge in [-0.25, -0.2) is 9.13 Å². The van der Waals surface area contributed by atoms with Gasteiger partial charge in [-0.15, -0.1) is 0 Å². The molecule has 0 aliphatic rings. The number of aliphatic hydroxyl groups excluding tert-OH is 1. The normalized spacial score (nSPS) is 14.4. The molecule has 0 aliphatic heterocycles. The van der Waals surface area contributed by atoms with Crippen LogP contribution in [0.3, 0.4) is 0 Å². The first-order valence-corrected chi connectivity index (χ1v) is 45.1. The van der Waals surface area contributed by atoms with E-state index in [4.69, 9.17) is 37.0 Å². The molecule has 0 aliphatic carbocycles. The number of unbranched alkanes of at least 4 members (excludes halogenated alkanes) is 35.